The standard InChI is InChI=1S/C12H12N4O2/c1-2-18-11-3-12(16-7-10(11)5-14)15-6-9(4-13)8-17/h3-4,6-8,13H,2H2,1H3,(H,15,16)/b9-6+,13-4?. The summed E-state index contributed by atoms with van der Waals surface area (Å²) in [5.74, 6) is 0.854. The molecule has 0 aromatic carbocycles. The highest BCUT2D eigenvalue weighted by Crippen LogP contribution is 2.20. The second-order valence-electron chi connectivity index (χ2n) is 3.16. The van der Waals surface area contributed by atoms with Crippen LogP contribution in [-0.2, 0) is 4.79 Å². The summed E-state index contributed by atoms with van der Waals surface area (Å²) in [5, 5.41) is 18.5. The van der Waals surface area contributed by atoms with Crippen LogP contribution in [-0.4, -0.2) is 24.1 Å². The van der Waals surface area contributed by atoms with Crippen molar-refractivity contribution >= 4 is 18.3 Å². The molecular weight excluding hydrogens is 232 g/mol. The Kier molecular flexibility index (Phi) is 5.06. The number of carbonyl (C=O) groups excluding carboxylic acids is 1. The van der Waals surface area contributed by atoms with Gasteiger partial charge in [-0.25, -0.2) is 4.98 Å². The summed E-state index contributed by atoms with van der Waals surface area (Å²) in [6.45, 7) is 2.25. The summed E-state index contributed by atoms with van der Waals surface area (Å²) in [6, 6.07) is 3.53. The third-order valence-electron chi connectivity index (χ3n) is 1.98. The summed E-state index contributed by atoms with van der Waals surface area (Å²) in [6.07, 6.45) is 4.20. The molecule has 0 spiro atoms. The van der Waals surface area contributed by atoms with Gasteiger partial charge in [0.2, 0.25) is 0 Å². The van der Waals surface area contributed by atoms with Crippen molar-refractivity contribution in [2.45, 2.75) is 6.92 Å². The first-order valence-corrected chi connectivity index (χ1v) is 5.20. The van der Waals surface area contributed by atoms with Crippen LogP contribution in [0.25, 0.3) is 0 Å². The van der Waals surface area contributed by atoms with Gasteiger partial charge in [-0.3, -0.25) is 4.79 Å². The lowest BCUT2D eigenvalue weighted by molar-refractivity contribution is -0.104. The number of nitrogens with one attached hydrogen (secondary N) is 2. The number of ether oxygens (including phenoxy) is 1. The van der Waals surface area contributed by atoms with E-state index >= 15 is 0 Å². The average Bonchev–Trinajstić information content (AvgIpc) is 2.40. The molecule has 0 saturated heterocycles. The van der Waals surface area contributed by atoms with Gasteiger partial charge in [0.25, 0.3) is 0 Å². The number of allylic oxidation sites excluding steroid dienone is 1. The van der Waals surface area contributed by atoms with Crippen LogP contribution >= 0.6 is 0 Å². The molecule has 0 aliphatic heterocycles. The van der Waals surface area contributed by atoms with Crippen molar-refractivity contribution in [1.82, 2.24) is 4.98 Å². The lowest BCUT2D eigenvalue weighted by Gasteiger charge is -2.07. The van der Waals surface area contributed by atoms with Crippen molar-refractivity contribution in [3.8, 4) is 11.8 Å². The van der Waals surface area contributed by atoms with Crippen LogP contribution in [0.1, 0.15) is 12.5 Å². The average molecular weight is 244 g/mol. The highest BCUT2D eigenvalue weighted by molar-refractivity contribution is 6.00. The Bertz CT molecular complexity index is 507. The largest absolute Gasteiger partial charge is 0.492 e. The smallest absolute Gasteiger partial charge is 0.153 e. The fourth-order valence-electron chi connectivity index (χ4n) is 1.14. The van der Waals surface area contributed by atoms with Crippen LogP contribution in [0, 0.1) is 16.7 Å². The number of nitrogens with zero attached hydrogens (tertiary/aromatic N) is 2. The minimum absolute atomic E-state index is 0.180. The van der Waals surface area contributed by atoms with E-state index in [0.717, 1.165) is 6.21 Å². The summed E-state index contributed by atoms with van der Waals surface area (Å²) in [5.41, 5.74) is 0.521. The van der Waals surface area contributed by atoms with Gasteiger partial charge in [0, 0.05) is 24.1 Å². The Balaban J connectivity index is 2.95. The van der Waals surface area contributed by atoms with E-state index in [1.807, 2.05) is 13.0 Å². The third-order valence-corrected chi connectivity index (χ3v) is 1.98. The molecule has 1 aromatic rings. The number of pyridine rings is 1. The summed E-state index contributed by atoms with van der Waals surface area (Å²) >= 11 is 0. The normalized spacial score (nSPS) is 10.3. The van der Waals surface area contributed by atoms with Crippen LogP contribution in [0.2, 0.25) is 0 Å². The number of aromatic nitrogens is 1. The second kappa shape index (κ2) is 6.81. The molecule has 1 rings (SSSR count). The Hall–Kier alpha value is -2.68. The highest BCUT2D eigenvalue weighted by atomic mass is 16.5. The maximum absolute atomic E-state index is 10.5. The van der Waals surface area contributed by atoms with Gasteiger partial charge in [-0.05, 0) is 6.92 Å². The van der Waals surface area contributed by atoms with E-state index in [4.69, 9.17) is 15.4 Å². The second-order valence-corrected chi connectivity index (χ2v) is 3.16. The van der Waals surface area contributed by atoms with Gasteiger partial charge < -0.3 is 15.5 Å². The molecule has 0 saturated carbocycles. The Labute approximate surface area is 104 Å². The molecule has 0 unspecified atom stereocenters. The zero-order chi connectivity index (χ0) is 13.4. The first kappa shape index (κ1) is 13.4. The fourth-order valence-corrected chi connectivity index (χ4v) is 1.14. The Morgan fingerprint density at radius 1 is 1.72 bits per heavy atom. The van der Waals surface area contributed by atoms with E-state index in [2.05, 4.69) is 10.3 Å². The predicted molar refractivity (Wildman–Crippen MR) is 66.7 cm³/mol. The summed E-state index contributed by atoms with van der Waals surface area (Å²) in [4.78, 5) is 14.5. The van der Waals surface area contributed by atoms with Gasteiger partial charge in [0.15, 0.2) is 6.29 Å². The number of carbonyl (C=O) groups is 1. The van der Waals surface area contributed by atoms with Crippen molar-refractivity contribution in [2.24, 2.45) is 0 Å². The van der Waals surface area contributed by atoms with Gasteiger partial charge in [0.05, 0.1) is 12.8 Å². The van der Waals surface area contributed by atoms with Crippen molar-refractivity contribution in [2.75, 3.05) is 11.9 Å². The van der Waals surface area contributed by atoms with Crippen molar-refractivity contribution in [3.05, 3.63) is 29.6 Å². The quantitative estimate of drug-likeness (QED) is 0.448. The SMILES string of the molecule is CCOc1cc(N/C=C(\C=N)C=O)ncc1C#N. The number of hydrogen-bond acceptors (Lipinski definition) is 6. The van der Waals surface area contributed by atoms with Gasteiger partial charge in [-0.2, -0.15) is 5.26 Å². The number of hydrogen-bond donors (Lipinski definition) is 2. The number of rotatable bonds is 6. The number of aldehydes is 1. The van der Waals surface area contributed by atoms with Crippen LogP contribution in [0.5, 0.6) is 5.75 Å². The van der Waals surface area contributed by atoms with E-state index in [-0.39, 0.29) is 5.57 Å². The van der Waals surface area contributed by atoms with E-state index in [1.54, 1.807) is 6.07 Å². The van der Waals surface area contributed by atoms with Crippen LogP contribution in [0.3, 0.4) is 0 Å². The van der Waals surface area contributed by atoms with Gasteiger partial charge >= 0.3 is 0 Å². The number of nitriles is 1. The van der Waals surface area contributed by atoms with Crippen molar-refractivity contribution in [3.63, 3.8) is 0 Å². The first-order chi connectivity index (χ1) is 8.74. The molecule has 1 aromatic heterocycles. The van der Waals surface area contributed by atoms with Crippen LogP contribution in [0.15, 0.2) is 24.0 Å². The molecule has 0 fully saturated rings. The van der Waals surface area contributed by atoms with Gasteiger partial charge in [-0.15, -0.1) is 0 Å². The molecule has 0 aliphatic carbocycles. The third kappa shape index (κ3) is 3.42. The molecule has 18 heavy (non-hydrogen) atoms. The lowest BCUT2D eigenvalue weighted by atomic mass is 10.2. The minimum atomic E-state index is 0.180. The molecular formula is C12H12N4O2. The molecule has 1 heterocycles. The Morgan fingerprint density at radius 2 is 2.50 bits per heavy atom. The number of anilines is 1. The lowest BCUT2D eigenvalue weighted by Crippen LogP contribution is -2.00. The predicted octanol–water partition coefficient (Wildman–Crippen LogP) is 1.50. The molecule has 2 N–H and O–H groups in total. The molecule has 0 amide bonds. The van der Waals surface area contributed by atoms with Crippen LogP contribution in [0.4, 0.5) is 5.82 Å². The molecule has 6 nitrogen and oxygen atoms in total. The van der Waals surface area contributed by atoms with Crippen molar-refractivity contribution < 1.29 is 9.53 Å². The maximum Gasteiger partial charge on any atom is 0.153 e. The highest BCUT2D eigenvalue weighted by Gasteiger charge is 2.05. The molecule has 0 bridgehead atoms. The van der Waals surface area contributed by atoms with Crippen molar-refractivity contribution in [1.29, 1.82) is 10.7 Å². The molecule has 0 aliphatic rings. The molecule has 0 radical (unpaired) electrons. The monoisotopic (exact) mass is 244 g/mol. The topological polar surface area (TPSA) is 98.9 Å². The van der Waals surface area contributed by atoms with Gasteiger partial charge in [-0.1, -0.05) is 0 Å². The van der Waals surface area contributed by atoms with E-state index in [0.29, 0.717) is 30.0 Å². The zero-order valence-corrected chi connectivity index (χ0v) is 9.80. The van der Waals surface area contributed by atoms with Crippen LogP contribution < -0.4 is 10.1 Å². The Morgan fingerprint density at radius 3 is 3.06 bits per heavy atom. The van der Waals surface area contributed by atoms with Gasteiger partial charge in [0.1, 0.15) is 23.2 Å². The molecule has 92 valence electrons. The maximum atomic E-state index is 10.5. The summed E-state index contributed by atoms with van der Waals surface area (Å²) < 4.78 is 5.29. The van der Waals surface area contributed by atoms with E-state index < -0.39 is 0 Å². The zero-order valence-electron chi connectivity index (χ0n) is 9.80. The minimum Gasteiger partial charge on any atom is -0.492 e. The van der Waals surface area contributed by atoms with E-state index in [1.165, 1.54) is 12.4 Å². The molecule has 0 atom stereocenters. The van der Waals surface area contributed by atoms with E-state index in [9.17, 15) is 4.79 Å². The first-order valence-electron chi connectivity index (χ1n) is 5.20. The summed E-state index contributed by atoms with van der Waals surface area (Å²) in [7, 11) is 0. The molecule has 6 heteroatoms. The fraction of sp³-hybridized carbons (Fsp3) is 0.167.